The molecule has 2 aromatic heterocycles. The average molecular weight is 340 g/mol. The highest BCUT2D eigenvalue weighted by atomic mass is 19.2. The van der Waals surface area contributed by atoms with Crippen LogP contribution in [0.15, 0.2) is 42.7 Å². The van der Waals surface area contributed by atoms with Crippen LogP contribution in [-0.4, -0.2) is 20.7 Å². The van der Waals surface area contributed by atoms with Crippen molar-refractivity contribution in [3.63, 3.8) is 0 Å². The van der Waals surface area contributed by atoms with Crippen LogP contribution in [0.4, 0.5) is 14.5 Å². The molecule has 4 rings (SSSR count). The molecule has 3 aromatic rings. The average Bonchev–Trinajstić information content (AvgIpc) is 3.13. The number of aromatic nitrogens is 3. The zero-order valence-corrected chi connectivity index (χ0v) is 13.4. The number of nitrogens with zero attached hydrogens (tertiary/aromatic N) is 4. The van der Waals surface area contributed by atoms with E-state index in [-0.39, 0.29) is 12.3 Å². The molecule has 1 aromatic carbocycles. The third kappa shape index (κ3) is 2.77. The summed E-state index contributed by atoms with van der Waals surface area (Å²) in [5.41, 5.74) is 3.25. The van der Waals surface area contributed by atoms with Crippen molar-refractivity contribution in [1.82, 2.24) is 14.8 Å². The lowest BCUT2D eigenvalue weighted by atomic mass is 10.1. The topological polar surface area (TPSA) is 51.0 Å². The molecule has 0 fully saturated rings. The predicted octanol–water partition coefficient (Wildman–Crippen LogP) is 2.85. The molecule has 0 saturated heterocycles. The first kappa shape index (κ1) is 15.4. The number of carbonyl (C=O) groups is 1. The maximum absolute atomic E-state index is 13.5. The molecule has 0 atom stereocenters. The van der Waals surface area contributed by atoms with Crippen LogP contribution in [-0.2, 0) is 24.8 Å². The van der Waals surface area contributed by atoms with Gasteiger partial charge in [0.25, 0.3) is 0 Å². The van der Waals surface area contributed by atoms with Crippen LogP contribution in [0, 0.1) is 11.6 Å². The van der Waals surface area contributed by atoms with Crippen molar-refractivity contribution in [2.75, 3.05) is 4.90 Å². The third-order valence-electron chi connectivity index (χ3n) is 4.20. The van der Waals surface area contributed by atoms with E-state index in [1.165, 1.54) is 6.07 Å². The Morgan fingerprint density at radius 1 is 1.12 bits per heavy atom. The van der Waals surface area contributed by atoms with E-state index in [0.29, 0.717) is 29.1 Å². The molecule has 1 amide bonds. The van der Waals surface area contributed by atoms with Gasteiger partial charge >= 0.3 is 0 Å². The van der Waals surface area contributed by atoms with E-state index in [9.17, 15) is 13.6 Å². The minimum atomic E-state index is -0.917. The smallest absolute Gasteiger partial charge is 0.233 e. The van der Waals surface area contributed by atoms with Crippen molar-refractivity contribution < 1.29 is 13.6 Å². The SMILES string of the molecule is Cn1ccc(CN2C(=O)Cc3ncc(-c4ccc(F)c(F)c4)cc32)n1. The standard InChI is InChI=1S/C18H14F2N4O/c1-23-5-4-13(22-23)10-24-17-7-12(9-21-16(17)8-18(24)25)11-2-3-14(19)15(20)6-11/h2-7,9H,8,10H2,1H3. The summed E-state index contributed by atoms with van der Waals surface area (Å²) in [4.78, 5) is 18.3. The van der Waals surface area contributed by atoms with Crippen molar-refractivity contribution in [3.05, 3.63) is 65.7 Å². The number of anilines is 1. The number of fused-ring (bicyclic) bond motifs is 1. The molecule has 25 heavy (non-hydrogen) atoms. The van der Waals surface area contributed by atoms with E-state index >= 15 is 0 Å². The quantitative estimate of drug-likeness (QED) is 0.737. The molecule has 0 radical (unpaired) electrons. The molecule has 0 spiro atoms. The number of halogens is 2. The Morgan fingerprint density at radius 3 is 2.68 bits per heavy atom. The summed E-state index contributed by atoms with van der Waals surface area (Å²) in [5.74, 6) is -1.88. The second-order valence-corrected chi connectivity index (χ2v) is 5.96. The molecule has 0 saturated carbocycles. The lowest BCUT2D eigenvalue weighted by Crippen LogP contribution is -2.26. The van der Waals surface area contributed by atoms with Crippen LogP contribution in [0.1, 0.15) is 11.4 Å². The van der Waals surface area contributed by atoms with Crippen molar-refractivity contribution in [2.45, 2.75) is 13.0 Å². The van der Waals surface area contributed by atoms with Gasteiger partial charge in [-0.2, -0.15) is 5.10 Å². The first-order valence-electron chi connectivity index (χ1n) is 7.74. The van der Waals surface area contributed by atoms with Gasteiger partial charge in [-0.15, -0.1) is 0 Å². The van der Waals surface area contributed by atoms with Crippen LogP contribution in [0.2, 0.25) is 0 Å². The van der Waals surface area contributed by atoms with E-state index in [2.05, 4.69) is 10.1 Å². The Hall–Kier alpha value is -3.09. The van der Waals surface area contributed by atoms with Gasteiger partial charge in [0.2, 0.25) is 5.91 Å². The Bertz CT molecular complexity index is 983. The summed E-state index contributed by atoms with van der Waals surface area (Å²) in [7, 11) is 1.81. The normalized spacial score (nSPS) is 13.4. The summed E-state index contributed by atoms with van der Waals surface area (Å²) < 4.78 is 28.3. The Balaban J connectivity index is 1.71. The van der Waals surface area contributed by atoms with Crippen LogP contribution in [0.5, 0.6) is 0 Å². The van der Waals surface area contributed by atoms with Gasteiger partial charge in [-0.1, -0.05) is 6.07 Å². The molecular formula is C18H14F2N4O. The molecule has 126 valence electrons. The van der Waals surface area contributed by atoms with Crippen molar-refractivity contribution in [1.29, 1.82) is 0 Å². The lowest BCUT2D eigenvalue weighted by Gasteiger charge is -2.16. The molecule has 3 heterocycles. The van der Waals surface area contributed by atoms with Crippen molar-refractivity contribution in [3.8, 4) is 11.1 Å². The molecule has 1 aliphatic rings. The van der Waals surface area contributed by atoms with E-state index in [4.69, 9.17) is 0 Å². The van der Waals surface area contributed by atoms with Gasteiger partial charge in [0.15, 0.2) is 11.6 Å². The van der Waals surface area contributed by atoms with Gasteiger partial charge in [0.1, 0.15) is 0 Å². The number of aryl methyl sites for hydroxylation is 1. The molecule has 0 aliphatic carbocycles. The highest BCUT2D eigenvalue weighted by molar-refractivity contribution is 6.01. The van der Waals surface area contributed by atoms with E-state index in [1.807, 2.05) is 19.3 Å². The Kier molecular flexibility index (Phi) is 3.56. The number of carbonyl (C=O) groups excluding carboxylic acids is 1. The van der Waals surface area contributed by atoms with Gasteiger partial charge in [-0.3, -0.25) is 14.5 Å². The fourth-order valence-electron chi connectivity index (χ4n) is 2.94. The second-order valence-electron chi connectivity index (χ2n) is 5.96. The number of pyridine rings is 1. The second kappa shape index (κ2) is 5.77. The summed E-state index contributed by atoms with van der Waals surface area (Å²) >= 11 is 0. The van der Waals surface area contributed by atoms with E-state index < -0.39 is 11.6 Å². The summed E-state index contributed by atoms with van der Waals surface area (Å²) in [6.45, 7) is 0.343. The van der Waals surface area contributed by atoms with E-state index in [0.717, 1.165) is 17.8 Å². The molecule has 0 unspecified atom stereocenters. The highest BCUT2D eigenvalue weighted by Gasteiger charge is 2.29. The van der Waals surface area contributed by atoms with Crippen LogP contribution < -0.4 is 4.90 Å². The fraction of sp³-hybridized carbons (Fsp3) is 0.167. The van der Waals surface area contributed by atoms with Crippen LogP contribution in [0.25, 0.3) is 11.1 Å². The highest BCUT2D eigenvalue weighted by Crippen LogP contribution is 2.33. The largest absolute Gasteiger partial charge is 0.304 e. The first-order chi connectivity index (χ1) is 12.0. The zero-order valence-electron chi connectivity index (χ0n) is 13.4. The van der Waals surface area contributed by atoms with Crippen LogP contribution in [0.3, 0.4) is 0 Å². The number of rotatable bonds is 3. The lowest BCUT2D eigenvalue weighted by molar-refractivity contribution is -0.117. The summed E-state index contributed by atoms with van der Waals surface area (Å²) in [5, 5.41) is 4.29. The van der Waals surface area contributed by atoms with Crippen molar-refractivity contribution in [2.24, 2.45) is 7.05 Å². The van der Waals surface area contributed by atoms with E-state index in [1.54, 1.807) is 21.8 Å². The zero-order chi connectivity index (χ0) is 17.6. The van der Waals surface area contributed by atoms with Crippen LogP contribution >= 0.6 is 0 Å². The summed E-state index contributed by atoms with van der Waals surface area (Å²) in [6, 6.07) is 7.32. The van der Waals surface area contributed by atoms with Gasteiger partial charge in [-0.25, -0.2) is 8.78 Å². The molecule has 0 N–H and O–H groups in total. The Morgan fingerprint density at radius 2 is 1.96 bits per heavy atom. The maximum atomic E-state index is 13.5. The monoisotopic (exact) mass is 340 g/mol. The molecule has 7 heteroatoms. The number of amides is 1. The first-order valence-corrected chi connectivity index (χ1v) is 7.74. The fourth-order valence-corrected chi connectivity index (χ4v) is 2.94. The van der Waals surface area contributed by atoms with Gasteiger partial charge in [-0.05, 0) is 29.8 Å². The third-order valence-corrected chi connectivity index (χ3v) is 4.20. The predicted molar refractivity (Wildman–Crippen MR) is 87.7 cm³/mol. The minimum Gasteiger partial charge on any atom is -0.304 e. The van der Waals surface area contributed by atoms with Crippen molar-refractivity contribution >= 4 is 11.6 Å². The minimum absolute atomic E-state index is 0.0596. The number of hydrogen-bond donors (Lipinski definition) is 0. The summed E-state index contributed by atoms with van der Waals surface area (Å²) in [6.07, 6.45) is 3.61. The number of hydrogen-bond acceptors (Lipinski definition) is 3. The molecular weight excluding hydrogens is 326 g/mol. The number of benzene rings is 1. The molecule has 0 bridgehead atoms. The maximum Gasteiger partial charge on any atom is 0.233 e. The van der Waals surface area contributed by atoms with Gasteiger partial charge in [0, 0.05) is 25.0 Å². The van der Waals surface area contributed by atoms with Gasteiger partial charge < -0.3 is 4.90 Å². The molecule has 5 nitrogen and oxygen atoms in total. The Labute approximate surface area is 142 Å². The molecule has 1 aliphatic heterocycles. The van der Waals surface area contributed by atoms with Gasteiger partial charge in [0.05, 0.1) is 30.0 Å².